The lowest BCUT2D eigenvalue weighted by molar-refractivity contribution is -0.137. The maximum atomic E-state index is 11.9. The predicted molar refractivity (Wildman–Crippen MR) is 98.3 cm³/mol. The molecule has 0 aliphatic carbocycles. The van der Waals surface area contributed by atoms with Gasteiger partial charge in [-0.05, 0) is 31.2 Å². The molecule has 0 saturated carbocycles. The second-order valence-electron chi connectivity index (χ2n) is 5.22. The normalized spacial score (nSPS) is 10.3. The number of aromatic nitrogens is 1. The fourth-order valence-electron chi connectivity index (χ4n) is 1.85. The van der Waals surface area contributed by atoms with Crippen molar-refractivity contribution in [2.75, 3.05) is 11.9 Å². The molecular formula is C19H20F3N3O. The van der Waals surface area contributed by atoms with Crippen LogP contribution in [0.2, 0.25) is 0 Å². The van der Waals surface area contributed by atoms with Crippen molar-refractivity contribution in [3.63, 3.8) is 0 Å². The molecule has 4 nitrogen and oxygen atoms in total. The van der Waals surface area contributed by atoms with Crippen LogP contribution in [0.1, 0.15) is 22.4 Å². The molecule has 7 heteroatoms. The quantitative estimate of drug-likeness (QED) is 0.852. The first-order valence-corrected chi connectivity index (χ1v) is 7.60. The Labute approximate surface area is 150 Å². The van der Waals surface area contributed by atoms with E-state index in [1.165, 1.54) is 12.1 Å². The Bertz CT molecular complexity index is 769. The van der Waals surface area contributed by atoms with Crippen molar-refractivity contribution in [2.45, 2.75) is 13.1 Å². The van der Waals surface area contributed by atoms with E-state index in [1.54, 1.807) is 31.3 Å². The summed E-state index contributed by atoms with van der Waals surface area (Å²) in [6.45, 7) is 8.98. The number of rotatable bonds is 4. The second kappa shape index (κ2) is 9.53. The summed E-state index contributed by atoms with van der Waals surface area (Å²) in [6.07, 6.45) is 0.624. The van der Waals surface area contributed by atoms with Crippen LogP contribution >= 0.6 is 0 Å². The van der Waals surface area contributed by atoms with Gasteiger partial charge in [-0.25, -0.2) is 0 Å². The first kappa shape index (κ1) is 21.1. The van der Waals surface area contributed by atoms with E-state index >= 15 is 0 Å². The van der Waals surface area contributed by atoms with Crippen LogP contribution in [0.25, 0.3) is 12.2 Å². The van der Waals surface area contributed by atoms with Crippen molar-refractivity contribution in [1.29, 1.82) is 0 Å². The first-order valence-electron chi connectivity index (χ1n) is 7.60. The van der Waals surface area contributed by atoms with Gasteiger partial charge >= 0.3 is 6.18 Å². The third-order valence-electron chi connectivity index (χ3n) is 3.21. The van der Waals surface area contributed by atoms with Gasteiger partial charge in [-0.1, -0.05) is 36.9 Å². The Kier molecular flexibility index (Phi) is 7.74. The Balaban J connectivity index is 0.000000273. The number of amides is 1. The van der Waals surface area contributed by atoms with Crippen molar-refractivity contribution in [1.82, 2.24) is 4.98 Å². The Morgan fingerprint density at radius 1 is 1.23 bits per heavy atom. The van der Waals surface area contributed by atoms with Crippen molar-refractivity contribution < 1.29 is 18.0 Å². The predicted octanol–water partition coefficient (Wildman–Crippen LogP) is 4.28. The van der Waals surface area contributed by atoms with Crippen LogP contribution in [0.5, 0.6) is 0 Å². The van der Waals surface area contributed by atoms with Gasteiger partial charge in [-0.2, -0.15) is 13.2 Å². The zero-order valence-corrected chi connectivity index (χ0v) is 14.3. The highest BCUT2D eigenvalue weighted by molar-refractivity contribution is 5.92. The summed E-state index contributed by atoms with van der Waals surface area (Å²) >= 11 is 0. The van der Waals surface area contributed by atoms with E-state index in [9.17, 15) is 18.0 Å². The summed E-state index contributed by atoms with van der Waals surface area (Å²) in [7, 11) is 0. The Morgan fingerprint density at radius 2 is 1.85 bits per heavy atom. The Hall–Kier alpha value is -2.93. The molecule has 26 heavy (non-hydrogen) atoms. The van der Waals surface area contributed by atoms with Crippen molar-refractivity contribution >= 4 is 23.7 Å². The summed E-state index contributed by atoms with van der Waals surface area (Å²) in [4.78, 5) is 15.1. The number of nitrogens with two attached hydrogens (primary N) is 1. The van der Waals surface area contributed by atoms with Gasteiger partial charge in [0.15, 0.2) is 0 Å². The van der Waals surface area contributed by atoms with Crippen LogP contribution in [0.3, 0.4) is 0 Å². The average Bonchev–Trinajstić information content (AvgIpc) is 2.61. The molecule has 138 valence electrons. The van der Waals surface area contributed by atoms with Gasteiger partial charge in [-0.15, -0.1) is 0 Å². The highest BCUT2D eigenvalue weighted by Gasteiger charge is 2.29. The van der Waals surface area contributed by atoms with E-state index in [2.05, 4.69) is 23.5 Å². The van der Waals surface area contributed by atoms with E-state index in [1.807, 2.05) is 0 Å². The number of anilines is 1. The smallest absolute Gasteiger partial charge is 0.324 e. The molecule has 3 N–H and O–H groups in total. The number of aryl methyl sites for hydroxylation is 1. The molecule has 0 aliphatic rings. The summed E-state index contributed by atoms with van der Waals surface area (Å²) < 4.78 is 35.8. The minimum absolute atomic E-state index is 0.0490. The Morgan fingerprint density at radius 3 is 2.31 bits per heavy atom. The fourth-order valence-corrected chi connectivity index (χ4v) is 1.85. The molecule has 0 fully saturated rings. The van der Waals surface area contributed by atoms with Gasteiger partial charge < -0.3 is 11.1 Å². The molecule has 1 aromatic carbocycles. The second-order valence-corrected chi connectivity index (χ2v) is 5.22. The summed E-state index contributed by atoms with van der Waals surface area (Å²) in [5, 5.41) is 2.61. The highest BCUT2D eigenvalue weighted by Crippen LogP contribution is 2.28. The van der Waals surface area contributed by atoms with Gasteiger partial charge in [-0.3, -0.25) is 9.78 Å². The van der Waals surface area contributed by atoms with E-state index in [0.717, 1.165) is 29.0 Å². The molecule has 2 rings (SSSR count). The molecule has 2 aromatic rings. The van der Waals surface area contributed by atoms with Crippen LogP contribution in [0.4, 0.5) is 18.9 Å². The average molecular weight is 363 g/mol. The summed E-state index contributed by atoms with van der Waals surface area (Å²) in [5.41, 5.74) is 7.57. The fraction of sp³-hybridized carbons (Fsp3) is 0.158. The number of nitrogens with zero attached hydrogens (tertiary/aromatic N) is 1. The zero-order valence-electron chi connectivity index (χ0n) is 14.3. The van der Waals surface area contributed by atoms with Gasteiger partial charge in [0.25, 0.3) is 0 Å². The standard InChI is InChI=1S/C11H13N3O.C8H7F3/c1-3-8-5-9(14-11(15)6-12)7-13-10(8)4-2;1-6-2-4-7(5-3-6)8(9,10)11/h3-5,7H,1-2,6,12H2,(H,14,15);2-5H,1H3. The SMILES string of the molecule is C=Cc1cc(NC(=O)CN)cnc1C=C.Cc1ccc(C(F)(F)F)cc1. The molecule has 1 heterocycles. The molecule has 0 aliphatic heterocycles. The number of alkyl halides is 3. The number of hydrogen-bond donors (Lipinski definition) is 2. The van der Waals surface area contributed by atoms with E-state index < -0.39 is 11.7 Å². The van der Waals surface area contributed by atoms with Gasteiger partial charge in [0.05, 0.1) is 29.7 Å². The number of carbonyl (C=O) groups excluding carboxylic acids is 1. The third kappa shape index (κ3) is 6.52. The number of halogens is 3. The van der Waals surface area contributed by atoms with Crippen molar-refractivity contribution in [3.05, 3.63) is 72.1 Å². The molecule has 0 radical (unpaired) electrons. The minimum Gasteiger partial charge on any atom is -0.324 e. The van der Waals surface area contributed by atoms with E-state index in [0.29, 0.717) is 5.69 Å². The molecular weight excluding hydrogens is 343 g/mol. The molecule has 0 atom stereocenters. The topological polar surface area (TPSA) is 68.0 Å². The minimum atomic E-state index is -4.21. The monoisotopic (exact) mass is 363 g/mol. The van der Waals surface area contributed by atoms with Crippen LogP contribution in [0.15, 0.2) is 49.7 Å². The number of carbonyl (C=O) groups is 1. The first-order chi connectivity index (χ1) is 12.2. The number of pyridine rings is 1. The molecule has 0 unspecified atom stereocenters. The summed E-state index contributed by atoms with van der Waals surface area (Å²) in [6, 6.07) is 6.82. The highest BCUT2D eigenvalue weighted by atomic mass is 19.4. The molecule has 1 amide bonds. The van der Waals surface area contributed by atoms with Gasteiger partial charge in [0.2, 0.25) is 5.91 Å². The van der Waals surface area contributed by atoms with Gasteiger partial charge in [0.1, 0.15) is 0 Å². The lowest BCUT2D eigenvalue weighted by Gasteiger charge is -2.05. The lowest BCUT2D eigenvalue weighted by atomic mass is 10.1. The van der Waals surface area contributed by atoms with Crippen LogP contribution in [-0.4, -0.2) is 17.4 Å². The van der Waals surface area contributed by atoms with Crippen LogP contribution < -0.4 is 11.1 Å². The molecule has 0 spiro atoms. The number of benzene rings is 1. The number of nitrogens with one attached hydrogen (secondary N) is 1. The molecule has 0 bridgehead atoms. The van der Waals surface area contributed by atoms with Gasteiger partial charge in [0, 0.05) is 5.56 Å². The molecule has 0 saturated heterocycles. The van der Waals surface area contributed by atoms with Crippen molar-refractivity contribution in [2.24, 2.45) is 5.73 Å². The maximum Gasteiger partial charge on any atom is 0.416 e. The third-order valence-corrected chi connectivity index (χ3v) is 3.21. The lowest BCUT2D eigenvalue weighted by Crippen LogP contribution is -2.21. The van der Waals surface area contributed by atoms with Crippen LogP contribution in [0, 0.1) is 6.92 Å². The molecule has 1 aromatic heterocycles. The largest absolute Gasteiger partial charge is 0.416 e. The van der Waals surface area contributed by atoms with Crippen LogP contribution in [-0.2, 0) is 11.0 Å². The maximum absolute atomic E-state index is 11.9. The zero-order chi connectivity index (χ0) is 19.7. The van der Waals surface area contributed by atoms with E-state index in [-0.39, 0.29) is 12.5 Å². The van der Waals surface area contributed by atoms with Crippen molar-refractivity contribution in [3.8, 4) is 0 Å². The van der Waals surface area contributed by atoms with E-state index in [4.69, 9.17) is 5.73 Å². The number of hydrogen-bond acceptors (Lipinski definition) is 3. The summed E-state index contributed by atoms with van der Waals surface area (Å²) in [5.74, 6) is -0.252.